The molecule has 0 aliphatic heterocycles. The molecule has 0 bridgehead atoms. The summed E-state index contributed by atoms with van der Waals surface area (Å²) in [5.41, 5.74) is 5.08. The summed E-state index contributed by atoms with van der Waals surface area (Å²) < 4.78 is 2.35. The Kier molecular flexibility index (Phi) is 4.10. The zero-order chi connectivity index (χ0) is 14.8. The molecule has 1 fully saturated rings. The van der Waals surface area contributed by atoms with Crippen LogP contribution in [0.1, 0.15) is 47.9 Å². The standard InChI is InChI=1S/C16H25N5/c1-12-16(13(2)19-18-12)5-4-8-20(3)10-15-9-17-11-21(15)14-6-7-14/h9,11,14H,4-8,10H2,1-3H3,(H,18,19). The van der Waals surface area contributed by atoms with Gasteiger partial charge >= 0.3 is 0 Å². The highest BCUT2D eigenvalue weighted by molar-refractivity contribution is 5.23. The Morgan fingerprint density at radius 1 is 1.38 bits per heavy atom. The van der Waals surface area contributed by atoms with Crippen molar-refractivity contribution >= 4 is 0 Å². The molecule has 21 heavy (non-hydrogen) atoms. The van der Waals surface area contributed by atoms with E-state index in [9.17, 15) is 0 Å². The Hall–Kier alpha value is -1.62. The Morgan fingerprint density at radius 3 is 2.86 bits per heavy atom. The van der Waals surface area contributed by atoms with Gasteiger partial charge in [-0.25, -0.2) is 4.98 Å². The number of imidazole rings is 1. The molecule has 0 radical (unpaired) electrons. The predicted octanol–water partition coefficient (Wildman–Crippen LogP) is 2.62. The molecule has 5 heteroatoms. The van der Waals surface area contributed by atoms with E-state index in [1.165, 1.54) is 29.8 Å². The smallest absolute Gasteiger partial charge is 0.0951 e. The van der Waals surface area contributed by atoms with Crippen LogP contribution in [-0.2, 0) is 13.0 Å². The highest BCUT2D eigenvalue weighted by atomic mass is 15.2. The van der Waals surface area contributed by atoms with Crippen LogP contribution in [0.5, 0.6) is 0 Å². The topological polar surface area (TPSA) is 49.7 Å². The SMILES string of the molecule is Cc1n[nH]c(C)c1CCCN(C)Cc1cncn1C1CC1. The summed E-state index contributed by atoms with van der Waals surface area (Å²) in [5.74, 6) is 0. The van der Waals surface area contributed by atoms with E-state index in [4.69, 9.17) is 0 Å². The summed E-state index contributed by atoms with van der Waals surface area (Å²) in [7, 11) is 2.19. The molecule has 0 spiro atoms. The summed E-state index contributed by atoms with van der Waals surface area (Å²) >= 11 is 0. The number of aromatic nitrogens is 4. The lowest BCUT2D eigenvalue weighted by Gasteiger charge is -2.17. The minimum absolute atomic E-state index is 0.715. The van der Waals surface area contributed by atoms with Gasteiger partial charge < -0.3 is 9.47 Å². The number of hydrogen-bond acceptors (Lipinski definition) is 3. The fraction of sp³-hybridized carbons (Fsp3) is 0.625. The van der Waals surface area contributed by atoms with Gasteiger partial charge in [-0.15, -0.1) is 0 Å². The molecule has 1 aliphatic rings. The number of nitrogens with zero attached hydrogens (tertiary/aromatic N) is 4. The van der Waals surface area contributed by atoms with Gasteiger partial charge in [0.1, 0.15) is 0 Å². The first-order valence-corrected chi connectivity index (χ1v) is 7.85. The van der Waals surface area contributed by atoms with Gasteiger partial charge in [-0.2, -0.15) is 5.10 Å². The maximum absolute atomic E-state index is 4.30. The summed E-state index contributed by atoms with van der Waals surface area (Å²) in [6.07, 6.45) is 8.88. The van der Waals surface area contributed by atoms with E-state index in [1.807, 2.05) is 12.5 Å². The maximum atomic E-state index is 4.30. The number of aryl methyl sites for hydroxylation is 2. The molecule has 2 heterocycles. The van der Waals surface area contributed by atoms with Crippen LogP contribution in [0.25, 0.3) is 0 Å². The molecule has 2 aromatic rings. The number of rotatable bonds is 7. The van der Waals surface area contributed by atoms with Crippen LogP contribution in [0.2, 0.25) is 0 Å². The van der Waals surface area contributed by atoms with Crippen LogP contribution in [0.15, 0.2) is 12.5 Å². The summed E-state index contributed by atoms with van der Waals surface area (Å²) in [6, 6.07) is 0.715. The molecular weight excluding hydrogens is 262 g/mol. The van der Waals surface area contributed by atoms with E-state index in [-0.39, 0.29) is 0 Å². The van der Waals surface area contributed by atoms with Crippen molar-refractivity contribution in [3.05, 3.63) is 35.2 Å². The van der Waals surface area contributed by atoms with Crippen molar-refractivity contribution in [3.8, 4) is 0 Å². The van der Waals surface area contributed by atoms with E-state index in [2.05, 4.69) is 45.5 Å². The molecule has 1 N–H and O–H groups in total. The molecular formula is C16H25N5. The molecule has 1 aliphatic carbocycles. The Bertz CT molecular complexity index is 574. The summed E-state index contributed by atoms with van der Waals surface area (Å²) in [6.45, 7) is 6.27. The van der Waals surface area contributed by atoms with E-state index < -0.39 is 0 Å². The van der Waals surface area contributed by atoms with Gasteiger partial charge in [0, 0.05) is 24.5 Å². The molecule has 0 unspecified atom stereocenters. The Balaban J connectivity index is 1.48. The third kappa shape index (κ3) is 3.35. The molecule has 1 saturated carbocycles. The summed E-state index contributed by atoms with van der Waals surface area (Å²) in [5, 5.41) is 7.33. The lowest BCUT2D eigenvalue weighted by atomic mass is 10.1. The number of hydrogen-bond donors (Lipinski definition) is 1. The first kappa shape index (κ1) is 14.3. The maximum Gasteiger partial charge on any atom is 0.0951 e. The number of H-pyrrole nitrogens is 1. The van der Waals surface area contributed by atoms with Crippen LogP contribution in [0.4, 0.5) is 0 Å². The minimum atomic E-state index is 0.715. The van der Waals surface area contributed by atoms with Crippen LogP contribution in [-0.4, -0.2) is 38.2 Å². The van der Waals surface area contributed by atoms with Crippen molar-refractivity contribution in [3.63, 3.8) is 0 Å². The third-order valence-corrected chi connectivity index (χ3v) is 4.37. The van der Waals surface area contributed by atoms with Crippen molar-refractivity contribution in [2.75, 3.05) is 13.6 Å². The highest BCUT2D eigenvalue weighted by Gasteiger charge is 2.25. The van der Waals surface area contributed by atoms with E-state index in [0.717, 1.165) is 31.6 Å². The van der Waals surface area contributed by atoms with Crippen molar-refractivity contribution in [2.45, 2.75) is 52.1 Å². The van der Waals surface area contributed by atoms with Crippen molar-refractivity contribution in [2.24, 2.45) is 0 Å². The molecule has 2 aromatic heterocycles. The normalized spacial score (nSPS) is 15.0. The molecule has 0 amide bonds. The second-order valence-electron chi connectivity index (χ2n) is 6.28. The summed E-state index contributed by atoms with van der Waals surface area (Å²) in [4.78, 5) is 6.69. The zero-order valence-corrected chi connectivity index (χ0v) is 13.3. The van der Waals surface area contributed by atoms with Gasteiger partial charge in [-0.05, 0) is 58.7 Å². The molecule has 0 aromatic carbocycles. The van der Waals surface area contributed by atoms with E-state index in [1.54, 1.807) is 0 Å². The van der Waals surface area contributed by atoms with Crippen LogP contribution < -0.4 is 0 Å². The minimum Gasteiger partial charge on any atom is -0.330 e. The molecule has 114 valence electrons. The first-order chi connectivity index (χ1) is 10.1. The monoisotopic (exact) mass is 287 g/mol. The van der Waals surface area contributed by atoms with Gasteiger partial charge in [-0.1, -0.05) is 0 Å². The highest BCUT2D eigenvalue weighted by Crippen LogP contribution is 2.35. The van der Waals surface area contributed by atoms with Crippen molar-refractivity contribution in [1.29, 1.82) is 0 Å². The van der Waals surface area contributed by atoms with E-state index in [0.29, 0.717) is 6.04 Å². The van der Waals surface area contributed by atoms with E-state index >= 15 is 0 Å². The van der Waals surface area contributed by atoms with Crippen LogP contribution in [0.3, 0.4) is 0 Å². The molecule has 5 nitrogen and oxygen atoms in total. The average molecular weight is 287 g/mol. The van der Waals surface area contributed by atoms with Gasteiger partial charge in [-0.3, -0.25) is 5.10 Å². The quantitative estimate of drug-likeness (QED) is 0.851. The lowest BCUT2D eigenvalue weighted by Crippen LogP contribution is -2.21. The van der Waals surface area contributed by atoms with Gasteiger partial charge in [0.2, 0.25) is 0 Å². The molecule has 0 saturated heterocycles. The van der Waals surface area contributed by atoms with Gasteiger partial charge in [0.25, 0.3) is 0 Å². The number of nitrogens with one attached hydrogen (secondary N) is 1. The third-order valence-electron chi connectivity index (χ3n) is 4.37. The predicted molar refractivity (Wildman–Crippen MR) is 83.2 cm³/mol. The van der Waals surface area contributed by atoms with Crippen LogP contribution >= 0.6 is 0 Å². The zero-order valence-electron chi connectivity index (χ0n) is 13.3. The number of aromatic amines is 1. The fourth-order valence-electron chi connectivity index (χ4n) is 2.96. The van der Waals surface area contributed by atoms with Crippen LogP contribution in [0, 0.1) is 13.8 Å². The Labute approximate surface area is 126 Å². The second kappa shape index (κ2) is 6.02. The molecule has 3 rings (SSSR count). The van der Waals surface area contributed by atoms with Gasteiger partial charge in [0.15, 0.2) is 0 Å². The van der Waals surface area contributed by atoms with Gasteiger partial charge in [0.05, 0.1) is 17.7 Å². The second-order valence-corrected chi connectivity index (χ2v) is 6.28. The lowest BCUT2D eigenvalue weighted by molar-refractivity contribution is 0.313. The van der Waals surface area contributed by atoms with Crippen molar-refractivity contribution < 1.29 is 0 Å². The first-order valence-electron chi connectivity index (χ1n) is 7.85. The Morgan fingerprint density at radius 2 is 2.19 bits per heavy atom. The average Bonchev–Trinajstić information content (AvgIpc) is 3.13. The fourth-order valence-corrected chi connectivity index (χ4v) is 2.96. The van der Waals surface area contributed by atoms with Crippen molar-refractivity contribution in [1.82, 2.24) is 24.6 Å². The largest absolute Gasteiger partial charge is 0.330 e. The molecule has 0 atom stereocenters.